The Balaban J connectivity index is 2.97. The Morgan fingerprint density at radius 3 is 2.10 bits per heavy atom. The van der Waals surface area contributed by atoms with Crippen LogP contribution in [0.15, 0.2) is 40.9 Å². The number of benzene rings is 1. The molecule has 0 saturated heterocycles. The summed E-state index contributed by atoms with van der Waals surface area (Å²) in [6.07, 6.45) is 1.44. The van der Waals surface area contributed by atoms with E-state index in [2.05, 4.69) is 5.32 Å². The minimum Gasteiger partial charge on any atom is -0.347 e. The lowest BCUT2D eigenvalue weighted by atomic mass is 9.89. The molecule has 0 atom stereocenters. The maximum absolute atomic E-state index is 13.1. The number of rotatable bonds is 8. The number of quaternary nitrogens is 1. The van der Waals surface area contributed by atoms with Crippen molar-refractivity contribution in [2.24, 2.45) is 5.41 Å². The fourth-order valence-corrected chi connectivity index (χ4v) is 3.60. The van der Waals surface area contributed by atoms with Gasteiger partial charge in [-0.2, -0.15) is 0 Å². The summed E-state index contributed by atoms with van der Waals surface area (Å²) in [6.45, 7) is 7.57. The molecule has 0 aromatic heterocycles. The first-order chi connectivity index (χ1) is 13.1. The number of sulfone groups is 1. The molecular formula is C20H29FN3O4S+. The Morgan fingerprint density at radius 2 is 1.66 bits per heavy atom. The second-order valence-electron chi connectivity index (χ2n) is 8.13. The van der Waals surface area contributed by atoms with Gasteiger partial charge in [-0.1, -0.05) is 20.8 Å². The second-order valence-corrected chi connectivity index (χ2v) is 10.6. The highest BCUT2D eigenvalue weighted by Crippen LogP contribution is 2.26. The molecular weight excluding hydrogens is 397 g/mol. The topological polar surface area (TPSA) is 121 Å². The van der Waals surface area contributed by atoms with Crippen LogP contribution in [0.2, 0.25) is 0 Å². The van der Waals surface area contributed by atoms with Crippen LogP contribution in [0.1, 0.15) is 34.6 Å². The lowest BCUT2D eigenvalue weighted by Crippen LogP contribution is -2.79. The number of Topliss-reactive ketones (excluding diaryl/α,β-unsaturated/α-hetero) is 1. The van der Waals surface area contributed by atoms with Crippen LogP contribution in [0.4, 0.5) is 4.39 Å². The molecule has 0 spiro atoms. The van der Waals surface area contributed by atoms with Gasteiger partial charge < -0.3 is 16.0 Å². The highest BCUT2D eigenvalue weighted by molar-refractivity contribution is 7.93. The molecule has 0 aliphatic carbocycles. The van der Waals surface area contributed by atoms with Crippen molar-refractivity contribution in [1.82, 2.24) is 5.32 Å². The second kappa shape index (κ2) is 8.96. The number of amides is 1. The highest BCUT2D eigenvalue weighted by Gasteiger charge is 2.43. The molecule has 9 heteroatoms. The van der Waals surface area contributed by atoms with Crippen LogP contribution in [0.25, 0.3) is 0 Å². The molecule has 160 valence electrons. The van der Waals surface area contributed by atoms with E-state index in [1.54, 1.807) is 7.05 Å². The fourth-order valence-electron chi connectivity index (χ4n) is 2.20. The Bertz CT molecular complexity index is 927. The molecule has 0 heterocycles. The number of nitrogens with two attached hydrogens (primary N) is 1. The monoisotopic (exact) mass is 426 g/mol. The number of carbonyl (C=O) groups excluding carboxylic acids is 2. The maximum Gasteiger partial charge on any atom is 0.241 e. The Kier molecular flexibility index (Phi) is 7.61. The summed E-state index contributed by atoms with van der Waals surface area (Å²) in [5.41, 5.74) is 0.0668. The molecule has 0 unspecified atom stereocenters. The van der Waals surface area contributed by atoms with Gasteiger partial charge in [0.25, 0.3) is 0 Å². The van der Waals surface area contributed by atoms with E-state index in [0.717, 1.165) is 24.3 Å². The molecule has 1 aromatic rings. The van der Waals surface area contributed by atoms with E-state index in [1.165, 1.54) is 25.2 Å². The molecule has 7 nitrogen and oxygen atoms in total. The number of hydrogen-bond acceptors (Lipinski definition) is 5. The SMILES string of the molecule is C[NH2+]/C(=C\C(=N)C(C)(C)C)C(=O)CNC(=O)C(C)(C)S(=O)(=O)c1ccc(F)cc1. The number of ketones is 1. The van der Waals surface area contributed by atoms with Crippen molar-refractivity contribution < 1.29 is 27.7 Å². The first-order valence-electron chi connectivity index (χ1n) is 9.06. The number of allylic oxidation sites excluding steroid dienone is 1. The minimum absolute atomic E-state index is 0.188. The third kappa shape index (κ3) is 5.80. The van der Waals surface area contributed by atoms with Crippen LogP contribution in [0.5, 0.6) is 0 Å². The summed E-state index contributed by atoms with van der Waals surface area (Å²) < 4.78 is 36.8. The van der Waals surface area contributed by atoms with E-state index in [1.807, 2.05) is 20.8 Å². The van der Waals surface area contributed by atoms with Crippen molar-refractivity contribution in [2.45, 2.75) is 44.3 Å². The average molecular weight is 427 g/mol. The quantitative estimate of drug-likeness (QED) is 0.329. The largest absolute Gasteiger partial charge is 0.347 e. The van der Waals surface area contributed by atoms with Crippen LogP contribution in [-0.4, -0.2) is 44.2 Å². The number of likely N-dealkylation sites (N-methyl/N-ethyl adjacent to an activating group) is 1. The van der Waals surface area contributed by atoms with Gasteiger partial charge in [0.15, 0.2) is 15.5 Å². The maximum atomic E-state index is 13.1. The molecule has 0 bridgehead atoms. The number of nitrogens with one attached hydrogen (secondary N) is 2. The van der Waals surface area contributed by atoms with E-state index in [-0.39, 0.29) is 16.3 Å². The van der Waals surface area contributed by atoms with E-state index in [0.29, 0.717) is 0 Å². The molecule has 1 aromatic carbocycles. The summed E-state index contributed by atoms with van der Waals surface area (Å²) in [7, 11) is -2.47. The average Bonchev–Trinajstić information content (AvgIpc) is 2.62. The molecule has 0 radical (unpaired) electrons. The third-order valence-corrected chi connectivity index (χ3v) is 6.91. The number of hydrogen-bond donors (Lipinski definition) is 3. The van der Waals surface area contributed by atoms with Crippen molar-refractivity contribution in [3.63, 3.8) is 0 Å². The van der Waals surface area contributed by atoms with Crippen molar-refractivity contribution in [2.75, 3.05) is 13.6 Å². The Hall–Kier alpha value is -2.39. The standard InChI is InChI=1S/C20H28FN3O4S/c1-19(2,3)17(22)11-15(23-6)16(25)12-24-18(26)20(4,5)29(27,28)14-9-7-13(21)8-10-14/h7-11,22-23H,12H2,1-6H3,(H,24,26)/p+1/b15-11-,22-17?. The van der Waals surface area contributed by atoms with E-state index in [9.17, 15) is 22.4 Å². The van der Waals surface area contributed by atoms with Gasteiger partial charge in [-0.3, -0.25) is 9.59 Å². The van der Waals surface area contributed by atoms with Gasteiger partial charge in [0, 0.05) is 17.2 Å². The van der Waals surface area contributed by atoms with Crippen LogP contribution in [-0.2, 0) is 19.4 Å². The molecule has 29 heavy (non-hydrogen) atoms. The zero-order valence-corrected chi connectivity index (χ0v) is 18.4. The van der Waals surface area contributed by atoms with Gasteiger partial charge in [0.2, 0.25) is 11.7 Å². The van der Waals surface area contributed by atoms with Crippen LogP contribution < -0.4 is 10.6 Å². The highest BCUT2D eigenvalue weighted by atomic mass is 32.2. The summed E-state index contributed by atoms with van der Waals surface area (Å²) in [4.78, 5) is 24.8. The summed E-state index contributed by atoms with van der Waals surface area (Å²) in [5, 5.41) is 11.9. The van der Waals surface area contributed by atoms with Crippen molar-refractivity contribution in [3.05, 3.63) is 41.9 Å². The zero-order valence-electron chi connectivity index (χ0n) is 17.6. The molecule has 0 fully saturated rings. The molecule has 0 aliphatic rings. The fraction of sp³-hybridized carbons (Fsp3) is 0.450. The van der Waals surface area contributed by atoms with Gasteiger partial charge in [-0.25, -0.2) is 12.8 Å². The van der Waals surface area contributed by atoms with E-state index < -0.39 is 44.1 Å². The van der Waals surface area contributed by atoms with Gasteiger partial charge in [0.1, 0.15) is 10.6 Å². The van der Waals surface area contributed by atoms with Crippen LogP contribution in [0, 0.1) is 16.6 Å². The molecule has 1 rings (SSSR count). The van der Waals surface area contributed by atoms with E-state index >= 15 is 0 Å². The van der Waals surface area contributed by atoms with Gasteiger partial charge in [-0.05, 0) is 38.1 Å². The third-order valence-electron chi connectivity index (χ3n) is 4.49. The predicted octanol–water partition coefficient (Wildman–Crippen LogP) is 1.21. The number of halogens is 1. The summed E-state index contributed by atoms with van der Waals surface area (Å²) in [5.74, 6) is -1.88. The predicted molar refractivity (Wildman–Crippen MR) is 109 cm³/mol. The first kappa shape index (κ1) is 24.6. The van der Waals surface area contributed by atoms with Gasteiger partial charge in [0.05, 0.1) is 18.5 Å². The van der Waals surface area contributed by atoms with Crippen molar-refractivity contribution >= 4 is 27.2 Å². The first-order valence-corrected chi connectivity index (χ1v) is 10.5. The van der Waals surface area contributed by atoms with Crippen LogP contribution >= 0.6 is 0 Å². The molecule has 4 N–H and O–H groups in total. The normalized spacial score (nSPS) is 13.1. The molecule has 1 amide bonds. The van der Waals surface area contributed by atoms with Gasteiger partial charge in [-0.15, -0.1) is 0 Å². The lowest BCUT2D eigenvalue weighted by molar-refractivity contribution is -0.569. The van der Waals surface area contributed by atoms with Gasteiger partial charge >= 0.3 is 0 Å². The van der Waals surface area contributed by atoms with E-state index in [4.69, 9.17) is 5.41 Å². The smallest absolute Gasteiger partial charge is 0.241 e. The molecule has 0 aliphatic heterocycles. The Morgan fingerprint density at radius 1 is 1.14 bits per heavy atom. The lowest BCUT2D eigenvalue weighted by Gasteiger charge is -2.23. The van der Waals surface area contributed by atoms with Crippen molar-refractivity contribution in [3.8, 4) is 0 Å². The summed E-state index contributed by atoms with van der Waals surface area (Å²) in [6, 6.07) is 4.19. The molecule has 0 saturated carbocycles. The Labute approximate surface area is 171 Å². The zero-order chi connectivity index (χ0) is 22.6. The van der Waals surface area contributed by atoms with Crippen LogP contribution in [0.3, 0.4) is 0 Å². The minimum atomic E-state index is -4.11. The number of carbonyl (C=O) groups is 2. The summed E-state index contributed by atoms with van der Waals surface area (Å²) >= 11 is 0. The van der Waals surface area contributed by atoms with Crippen molar-refractivity contribution in [1.29, 1.82) is 5.41 Å².